The van der Waals surface area contributed by atoms with Crippen molar-refractivity contribution in [2.75, 3.05) is 0 Å². The van der Waals surface area contributed by atoms with Crippen molar-refractivity contribution in [3.63, 3.8) is 0 Å². The van der Waals surface area contributed by atoms with Gasteiger partial charge in [0.2, 0.25) is 11.7 Å². The molecule has 0 aliphatic rings. The average Bonchev–Trinajstić information content (AvgIpc) is 2.89. The molecule has 0 saturated heterocycles. The van der Waals surface area contributed by atoms with E-state index < -0.39 is 0 Å². The van der Waals surface area contributed by atoms with E-state index in [1.165, 1.54) is 6.33 Å². The minimum atomic E-state index is 0.455. The van der Waals surface area contributed by atoms with E-state index in [1.807, 2.05) is 31.2 Å². The normalized spacial score (nSPS) is 10.8. The van der Waals surface area contributed by atoms with Gasteiger partial charge in [-0.1, -0.05) is 22.8 Å². The lowest BCUT2D eigenvalue weighted by molar-refractivity contribution is 0.394. The zero-order valence-electron chi connectivity index (χ0n) is 11.0. The van der Waals surface area contributed by atoms with Gasteiger partial charge in [0.05, 0.1) is 5.69 Å². The molecule has 3 aromatic rings. The SMILES string of the molecule is Cc1nc(-c2cc(-c3ccc(Cl)c(C)c3)ncn2)no1. The molecule has 0 unspecified atom stereocenters. The largest absolute Gasteiger partial charge is 0.339 e. The third-order valence-electron chi connectivity index (χ3n) is 2.88. The number of halogens is 1. The standard InChI is InChI=1S/C14H11ClN4O/c1-8-5-10(3-4-11(8)15)12-6-13(17-7-16-12)14-18-9(2)20-19-14/h3-7H,1-2H3. The van der Waals surface area contributed by atoms with Crippen LogP contribution in [-0.2, 0) is 0 Å². The van der Waals surface area contributed by atoms with Gasteiger partial charge < -0.3 is 4.52 Å². The maximum Gasteiger partial charge on any atom is 0.223 e. The van der Waals surface area contributed by atoms with Gasteiger partial charge in [0.1, 0.15) is 12.0 Å². The number of nitrogens with zero attached hydrogens (tertiary/aromatic N) is 4. The number of aryl methyl sites for hydroxylation is 2. The molecule has 3 rings (SSSR count). The maximum atomic E-state index is 6.03. The molecular weight excluding hydrogens is 276 g/mol. The van der Waals surface area contributed by atoms with Crippen LogP contribution in [0.5, 0.6) is 0 Å². The molecule has 0 aliphatic carbocycles. The molecule has 5 nitrogen and oxygen atoms in total. The van der Waals surface area contributed by atoms with Crippen molar-refractivity contribution in [1.29, 1.82) is 0 Å². The van der Waals surface area contributed by atoms with Crippen LogP contribution in [0.1, 0.15) is 11.5 Å². The van der Waals surface area contributed by atoms with E-state index in [2.05, 4.69) is 20.1 Å². The van der Waals surface area contributed by atoms with Gasteiger partial charge in [-0.2, -0.15) is 4.98 Å². The molecule has 0 aliphatic heterocycles. The van der Waals surface area contributed by atoms with Crippen molar-refractivity contribution in [1.82, 2.24) is 20.1 Å². The second kappa shape index (κ2) is 5.02. The van der Waals surface area contributed by atoms with Crippen molar-refractivity contribution < 1.29 is 4.52 Å². The van der Waals surface area contributed by atoms with Crippen LogP contribution in [-0.4, -0.2) is 20.1 Å². The van der Waals surface area contributed by atoms with Gasteiger partial charge in [-0.25, -0.2) is 9.97 Å². The van der Waals surface area contributed by atoms with Crippen LogP contribution in [0.4, 0.5) is 0 Å². The molecule has 2 heterocycles. The first-order chi connectivity index (χ1) is 9.63. The van der Waals surface area contributed by atoms with Gasteiger partial charge in [0.25, 0.3) is 0 Å². The molecular formula is C14H11ClN4O. The molecule has 0 saturated carbocycles. The Morgan fingerprint density at radius 2 is 1.85 bits per heavy atom. The van der Waals surface area contributed by atoms with E-state index in [1.54, 1.807) is 6.92 Å². The van der Waals surface area contributed by atoms with E-state index in [0.717, 1.165) is 21.8 Å². The summed E-state index contributed by atoms with van der Waals surface area (Å²) >= 11 is 6.03. The summed E-state index contributed by atoms with van der Waals surface area (Å²) in [6, 6.07) is 7.58. The van der Waals surface area contributed by atoms with Gasteiger partial charge in [0.15, 0.2) is 0 Å². The predicted molar refractivity (Wildman–Crippen MR) is 75.2 cm³/mol. The zero-order valence-corrected chi connectivity index (χ0v) is 11.7. The van der Waals surface area contributed by atoms with Gasteiger partial charge in [0, 0.05) is 17.5 Å². The van der Waals surface area contributed by atoms with E-state index >= 15 is 0 Å². The molecule has 1 aromatic carbocycles. The molecule has 0 radical (unpaired) electrons. The Balaban J connectivity index is 2.04. The topological polar surface area (TPSA) is 64.7 Å². The lowest BCUT2D eigenvalue weighted by Crippen LogP contribution is -1.91. The van der Waals surface area contributed by atoms with Crippen LogP contribution in [0.25, 0.3) is 22.8 Å². The summed E-state index contributed by atoms with van der Waals surface area (Å²) in [5.74, 6) is 0.958. The second-order valence-corrected chi connectivity index (χ2v) is 4.80. The Morgan fingerprint density at radius 1 is 1.05 bits per heavy atom. The Bertz CT molecular complexity index is 769. The van der Waals surface area contributed by atoms with E-state index in [-0.39, 0.29) is 0 Å². The lowest BCUT2D eigenvalue weighted by atomic mass is 10.1. The summed E-state index contributed by atoms with van der Waals surface area (Å²) in [5.41, 5.74) is 3.38. The highest BCUT2D eigenvalue weighted by Gasteiger charge is 2.10. The highest BCUT2D eigenvalue weighted by atomic mass is 35.5. The van der Waals surface area contributed by atoms with Crippen molar-refractivity contribution in [2.45, 2.75) is 13.8 Å². The van der Waals surface area contributed by atoms with Crippen LogP contribution in [0.2, 0.25) is 5.02 Å². The van der Waals surface area contributed by atoms with Gasteiger partial charge in [-0.3, -0.25) is 0 Å². The minimum Gasteiger partial charge on any atom is -0.339 e. The lowest BCUT2D eigenvalue weighted by Gasteiger charge is -2.04. The summed E-state index contributed by atoms with van der Waals surface area (Å²) in [6.07, 6.45) is 1.49. The number of hydrogen-bond donors (Lipinski definition) is 0. The van der Waals surface area contributed by atoms with Crippen LogP contribution in [0.3, 0.4) is 0 Å². The molecule has 2 aromatic heterocycles. The Labute approximate surface area is 120 Å². The fraction of sp³-hybridized carbons (Fsp3) is 0.143. The second-order valence-electron chi connectivity index (χ2n) is 4.39. The third kappa shape index (κ3) is 2.40. The molecule has 0 amide bonds. The van der Waals surface area contributed by atoms with Crippen molar-refractivity contribution >= 4 is 11.6 Å². The fourth-order valence-electron chi connectivity index (χ4n) is 1.84. The number of rotatable bonds is 2. The van der Waals surface area contributed by atoms with E-state index in [9.17, 15) is 0 Å². The molecule has 100 valence electrons. The van der Waals surface area contributed by atoms with Crippen molar-refractivity contribution in [3.05, 3.63) is 47.1 Å². The summed E-state index contributed by atoms with van der Waals surface area (Å²) in [6.45, 7) is 3.69. The first-order valence-electron chi connectivity index (χ1n) is 6.03. The maximum absolute atomic E-state index is 6.03. The molecule has 0 N–H and O–H groups in total. The monoisotopic (exact) mass is 286 g/mol. The number of aromatic nitrogens is 4. The quantitative estimate of drug-likeness (QED) is 0.722. The van der Waals surface area contributed by atoms with Gasteiger partial charge >= 0.3 is 0 Å². The summed E-state index contributed by atoms with van der Waals surface area (Å²) in [7, 11) is 0. The number of benzene rings is 1. The summed E-state index contributed by atoms with van der Waals surface area (Å²) < 4.78 is 4.96. The minimum absolute atomic E-state index is 0.455. The van der Waals surface area contributed by atoms with Crippen LogP contribution >= 0.6 is 11.6 Å². The van der Waals surface area contributed by atoms with E-state index in [4.69, 9.17) is 16.1 Å². The number of hydrogen-bond acceptors (Lipinski definition) is 5. The molecule has 0 bridgehead atoms. The summed E-state index contributed by atoms with van der Waals surface area (Å²) in [5, 5.41) is 4.59. The van der Waals surface area contributed by atoms with E-state index in [0.29, 0.717) is 17.4 Å². The van der Waals surface area contributed by atoms with Crippen LogP contribution in [0.15, 0.2) is 35.1 Å². The molecule has 6 heteroatoms. The molecule has 0 fully saturated rings. The Hall–Kier alpha value is -2.27. The van der Waals surface area contributed by atoms with Gasteiger partial charge in [-0.05, 0) is 30.7 Å². The third-order valence-corrected chi connectivity index (χ3v) is 3.30. The molecule has 20 heavy (non-hydrogen) atoms. The Morgan fingerprint density at radius 3 is 2.55 bits per heavy atom. The zero-order chi connectivity index (χ0) is 14.1. The summed E-state index contributed by atoms with van der Waals surface area (Å²) in [4.78, 5) is 12.6. The van der Waals surface area contributed by atoms with Crippen LogP contribution in [0, 0.1) is 13.8 Å². The van der Waals surface area contributed by atoms with Crippen molar-refractivity contribution in [2.24, 2.45) is 0 Å². The highest BCUT2D eigenvalue weighted by molar-refractivity contribution is 6.31. The fourth-order valence-corrected chi connectivity index (χ4v) is 1.96. The smallest absolute Gasteiger partial charge is 0.223 e. The average molecular weight is 287 g/mol. The van der Waals surface area contributed by atoms with Gasteiger partial charge in [-0.15, -0.1) is 0 Å². The first-order valence-corrected chi connectivity index (χ1v) is 6.40. The van der Waals surface area contributed by atoms with Crippen molar-refractivity contribution in [3.8, 4) is 22.8 Å². The Kier molecular flexibility index (Phi) is 3.20. The first kappa shape index (κ1) is 12.7. The highest BCUT2D eigenvalue weighted by Crippen LogP contribution is 2.25. The molecule has 0 spiro atoms. The molecule has 0 atom stereocenters. The van der Waals surface area contributed by atoms with Crippen LogP contribution < -0.4 is 0 Å². The predicted octanol–water partition coefficient (Wildman–Crippen LogP) is 3.46.